The predicted octanol–water partition coefficient (Wildman–Crippen LogP) is -2.86. The second-order valence-electron chi connectivity index (χ2n) is 1.41. The summed E-state index contributed by atoms with van der Waals surface area (Å²) >= 11 is 0. The Labute approximate surface area is 66.3 Å². The van der Waals surface area contributed by atoms with Gasteiger partial charge in [-0.2, -0.15) is 0 Å². The molecule has 0 aromatic heterocycles. The summed E-state index contributed by atoms with van der Waals surface area (Å²) in [5.41, 5.74) is 0. The maximum Gasteiger partial charge on any atom is 0.466 e. The minimum absolute atomic E-state index is 0.148. The van der Waals surface area contributed by atoms with Crippen molar-refractivity contribution in [3.63, 3.8) is 0 Å². The average molecular weight is 202 g/mol. The van der Waals surface area contributed by atoms with Crippen LogP contribution in [0.4, 0.5) is 0 Å². The second-order valence-corrected chi connectivity index (χ2v) is 2.43. The van der Waals surface area contributed by atoms with Crippen molar-refractivity contribution in [2.45, 2.75) is 6.29 Å². The van der Waals surface area contributed by atoms with Crippen molar-refractivity contribution in [3.8, 4) is 0 Å². The summed E-state index contributed by atoms with van der Waals surface area (Å²) in [7, 11) is -4.64. The van der Waals surface area contributed by atoms with Crippen molar-refractivity contribution in [3.05, 3.63) is 0 Å². The molecule has 0 rings (SSSR count). The summed E-state index contributed by atoms with van der Waals surface area (Å²) in [6, 6.07) is 0. The molecule has 9 heteroatoms. The summed E-state index contributed by atoms with van der Waals surface area (Å²) in [6.45, 7) is 0. The number of phosphoric acid groups is 1. The minimum Gasteiger partial charge on any atom is -0.362 e. The number of carbonyl (C=O) groups excluding carboxylic acids is 2. The molecule has 0 aliphatic heterocycles. The molecule has 0 aliphatic rings. The Morgan fingerprint density at radius 1 is 1.25 bits per heavy atom. The summed E-state index contributed by atoms with van der Waals surface area (Å²) in [5.74, 6) is -1.22. The third-order valence-electron chi connectivity index (χ3n) is 0.371. The highest BCUT2D eigenvalue weighted by molar-refractivity contribution is 7.45. The third-order valence-corrected chi connectivity index (χ3v) is 0.371. The van der Waals surface area contributed by atoms with E-state index in [1.54, 1.807) is 0 Å². The molecule has 0 heterocycles. The zero-order valence-electron chi connectivity index (χ0n) is 5.56. The average Bonchev–Trinajstić information content (AvgIpc) is 1.82. The first kappa shape index (κ1) is 13.9. The van der Waals surface area contributed by atoms with Gasteiger partial charge in [-0.05, 0) is 0 Å². The molecule has 0 aromatic carbocycles. The van der Waals surface area contributed by atoms with Gasteiger partial charge in [-0.3, -0.25) is 9.59 Å². The van der Waals surface area contributed by atoms with Gasteiger partial charge in [-0.15, -0.1) is 0 Å². The van der Waals surface area contributed by atoms with Crippen LogP contribution >= 0.6 is 7.82 Å². The highest BCUT2D eigenvalue weighted by Crippen LogP contribution is 2.25. The Kier molecular flexibility index (Phi) is 6.91. The molecule has 0 bridgehead atoms. The monoisotopic (exact) mass is 202 g/mol. The van der Waals surface area contributed by atoms with E-state index in [9.17, 15) is 9.59 Å². The molecule has 0 radical (unpaired) electrons. The molecule has 0 saturated heterocycles. The fraction of sp³-hybridized carbons (Fsp3) is 0.333. The Hall–Kier alpha value is -0.630. The summed E-state index contributed by atoms with van der Waals surface area (Å²) in [4.78, 5) is 40.5. The molecule has 72 valence electrons. The number of ketones is 1. The standard InChI is InChI=1S/C3H4O4.H3O4P/c4-1-2(5)3(6)7;1-5(2,3)4/h1,3,6-7H;(H3,1,2,3,4). The summed E-state index contributed by atoms with van der Waals surface area (Å²) in [5, 5.41) is 15.6. The zero-order chi connectivity index (χ0) is 10.4. The smallest absolute Gasteiger partial charge is 0.362 e. The zero-order valence-corrected chi connectivity index (χ0v) is 6.46. The van der Waals surface area contributed by atoms with Crippen LogP contribution in [0, 0.1) is 0 Å². The first-order chi connectivity index (χ1) is 5.18. The summed E-state index contributed by atoms with van der Waals surface area (Å²) < 4.78 is 8.88. The molecule has 0 unspecified atom stereocenters. The molecule has 0 saturated carbocycles. The number of carbonyl (C=O) groups is 2. The normalized spacial score (nSPS) is 10.2. The number of rotatable bonds is 2. The Balaban J connectivity index is 0. The number of hydrogen-bond donors (Lipinski definition) is 5. The molecule has 0 atom stereocenters. The Morgan fingerprint density at radius 3 is 1.50 bits per heavy atom. The quantitative estimate of drug-likeness (QED) is 0.139. The van der Waals surface area contributed by atoms with Crippen LogP contribution in [-0.2, 0) is 14.2 Å². The van der Waals surface area contributed by atoms with Gasteiger partial charge < -0.3 is 24.9 Å². The largest absolute Gasteiger partial charge is 0.466 e. The molecule has 0 amide bonds. The van der Waals surface area contributed by atoms with E-state index in [0.29, 0.717) is 0 Å². The van der Waals surface area contributed by atoms with Gasteiger partial charge in [-0.1, -0.05) is 0 Å². The Bertz CT molecular complexity index is 182. The lowest BCUT2D eigenvalue weighted by molar-refractivity contribution is -0.148. The first-order valence-corrected chi connectivity index (χ1v) is 3.88. The number of aldehydes is 1. The second kappa shape index (κ2) is 5.95. The van der Waals surface area contributed by atoms with Crippen molar-refractivity contribution in [1.82, 2.24) is 0 Å². The molecule has 12 heavy (non-hydrogen) atoms. The van der Waals surface area contributed by atoms with E-state index in [1.807, 2.05) is 0 Å². The molecule has 0 fully saturated rings. The van der Waals surface area contributed by atoms with Crippen molar-refractivity contribution in [2.24, 2.45) is 0 Å². The lowest BCUT2D eigenvalue weighted by Crippen LogP contribution is -2.19. The lowest BCUT2D eigenvalue weighted by Gasteiger charge is -1.89. The SMILES string of the molecule is O=CC(=O)C(O)O.O=P(O)(O)O. The molecular formula is C3H7O8P. The van der Waals surface area contributed by atoms with Crippen LogP contribution in [0.1, 0.15) is 0 Å². The maximum absolute atomic E-state index is 9.64. The van der Waals surface area contributed by atoms with E-state index < -0.39 is 19.9 Å². The molecule has 0 aliphatic carbocycles. The van der Waals surface area contributed by atoms with Gasteiger partial charge in [0.15, 0.2) is 6.29 Å². The highest BCUT2D eigenvalue weighted by atomic mass is 31.2. The van der Waals surface area contributed by atoms with Crippen LogP contribution in [0.5, 0.6) is 0 Å². The fourth-order valence-corrected chi connectivity index (χ4v) is 0.0609. The minimum atomic E-state index is -4.64. The van der Waals surface area contributed by atoms with Crippen LogP contribution in [0.2, 0.25) is 0 Å². The van der Waals surface area contributed by atoms with Crippen molar-refractivity contribution >= 4 is 19.9 Å². The van der Waals surface area contributed by atoms with Crippen LogP contribution in [-0.4, -0.2) is 43.3 Å². The first-order valence-electron chi connectivity index (χ1n) is 2.32. The van der Waals surface area contributed by atoms with E-state index in [2.05, 4.69) is 0 Å². The van der Waals surface area contributed by atoms with Gasteiger partial charge >= 0.3 is 7.82 Å². The summed E-state index contributed by atoms with van der Waals surface area (Å²) in [6.07, 6.45) is -2.29. The number of aliphatic hydroxyl groups is 2. The topological polar surface area (TPSA) is 152 Å². The lowest BCUT2D eigenvalue weighted by atomic mass is 10.4. The van der Waals surface area contributed by atoms with E-state index in [0.717, 1.165) is 0 Å². The van der Waals surface area contributed by atoms with Gasteiger partial charge in [0.1, 0.15) is 0 Å². The van der Waals surface area contributed by atoms with E-state index in [4.69, 9.17) is 29.5 Å². The van der Waals surface area contributed by atoms with E-state index in [-0.39, 0.29) is 6.29 Å². The maximum atomic E-state index is 9.64. The molecule has 0 aromatic rings. The van der Waals surface area contributed by atoms with Crippen molar-refractivity contribution in [2.75, 3.05) is 0 Å². The highest BCUT2D eigenvalue weighted by Gasteiger charge is 2.06. The third kappa shape index (κ3) is 22.8. The van der Waals surface area contributed by atoms with Gasteiger partial charge in [0.25, 0.3) is 5.78 Å². The molecular weight excluding hydrogens is 195 g/mol. The Morgan fingerprint density at radius 2 is 1.50 bits per heavy atom. The van der Waals surface area contributed by atoms with Crippen LogP contribution in [0.25, 0.3) is 0 Å². The van der Waals surface area contributed by atoms with Gasteiger partial charge in [0, 0.05) is 0 Å². The van der Waals surface area contributed by atoms with E-state index in [1.165, 1.54) is 0 Å². The van der Waals surface area contributed by atoms with Crippen LogP contribution in [0.3, 0.4) is 0 Å². The van der Waals surface area contributed by atoms with Crippen LogP contribution < -0.4 is 0 Å². The van der Waals surface area contributed by atoms with Crippen molar-refractivity contribution < 1.29 is 39.0 Å². The number of aliphatic hydroxyl groups excluding tert-OH is 1. The predicted molar refractivity (Wildman–Crippen MR) is 33.6 cm³/mol. The fourth-order valence-electron chi connectivity index (χ4n) is 0.0609. The van der Waals surface area contributed by atoms with Gasteiger partial charge in [-0.25, -0.2) is 4.57 Å². The van der Waals surface area contributed by atoms with Crippen molar-refractivity contribution in [1.29, 1.82) is 0 Å². The molecule has 0 spiro atoms. The number of Topliss-reactive ketones (excluding diaryl/α,β-unsaturated/α-hetero) is 1. The van der Waals surface area contributed by atoms with Crippen LogP contribution in [0.15, 0.2) is 0 Å². The van der Waals surface area contributed by atoms with Gasteiger partial charge in [0.2, 0.25) is 6.29 Å². The number of hydrogen-bond acceptors (Lipinski definition) is 5. The van der Waals surface area contributed by atoms with Gasteiger partial charge in [0.05, 0.1) is 0 Å². The van der Waals surface area contributed by atoms with E-state index >= 15 is 0 Å². The molecule has 8 nitrogen and oxygen atoms in total. The molecule has 5 N–H and O–H groups in total.